The molecule has 0 bridgehead atoms. The summed E-state index contributed by atoms with van der Waals surface area (Å²) in [4.78, 5) is 0.372. The van der Waals surface area contributed by atoms with Gasteiger partial charge in [-0.25, -0.2) is 8.42 Å². The number of hydrogen-bond acceptors (Lipinski definition) is 3. The van der Waals surface area contributed by atoms with E-state index in [4.69, 9.17) is 0 Å². The number of sulfonamides is 1. The SMILES string of the molecule is CNCc1cc(S(=O)(=O)N(C)C(C)CC(C)C)ccc1C. The molecule has 21 heavy (non-hydrogen) atoms. The molecular formula is C16H28N2O2S. The Hall–Kier alpha value is -0.910. The molecule has 0 amide bonds. The van der Waals surface area contributed by atoms with Crippen molar-refractivity contribution in [2.24, 2.45) is 5.92 Å². The second kappa shape index (κ2) is 7.38. The molecule has 4 nitrogen and oxygen atoms in total. The lowest BCUT2D eigenvalue weighted by Crippen LogP contribution is -2.36. The summed E-state index contributed by atoms with van der Waals surface area (Å²) in [6, 6.07) is 5.34. The van der Waals surface area contributed by atoms with E-state index in [0.29, 0.717) is 17.4 Å². The van der Waals surface area contributed by atoms with E-state index in [1.807, 2.05) is 27.0 Å². The maximum atomic E-state index is 12.7. The monoisotopic (exact) mass is 312 g/mol. The van der Waals surface area contributed by atoms with Crippen molar-refractivity contribution in [3.05, 3.63) is 29.3 Å². The van der Waals surface area contributed by atoms with E-state index in [0.717, 1.165) is 17.5 Å². The van der Waals surface area contributed by atoms with Gasteiger partial charge in [0.1, 0.15) is 0 Å². The Kier molecular flexibility index (Phi) is 6.38. The maximum absolute atomic E-state index is 12.7. The molecule has 120 valence electrons. The van der Waals surface area contributed by atoms with Gasteiger partial charge < -0.3 is 5.32 Å². The van der Waals surface area contributed by atoms with Crippen molar-refractivity contribution in [3.63, 3.8) is 0 Å². The van der Waals surface area contributed by atoms with Crippen molar-refractivity contribution < 1.29 is 8.42 Å². The third-order valence-electron chi connectivity index (χ3n) is 3.80. The first-order chi connectivity index (χ1) is 9.70. The lowest BCUT2D eigenvalue weighted by atomic mass is 10.1. The van der Waals surface area contributed by atoms with Crippen molar-refractivity contribution >= 4 is 10.0 Å². The molecule has 0 aliphatic carbocycles. The highest BCUT2D eigenvalue weighted by Gasteiger charge is 2.26. The van der Waals surface area contributed by atoms with E-state index in [1.165, 1.54) is 4.31 Å². The minimum atomic E-state index is -3.44. The molecule has 0 spiro atoms. The summed E-state index contributed by atoms with van der Waals surface area (Å²) in [7, 11) is 0.0894. The molecule has 5 heteroatoms. The van der Waals surface area contributed by atoms with Crippen LogP contribution in [0, 0.1) is 12.8 Å². The van der Waals surface area contributed by atoms with Gasteiger partial charge in [0.05, 0.1) is 4.90 Å². The van der Waals surface area contributed by atoms with Gasteiger partial charge in [0.15, 0.2) is 0 Å². The normalized spacial score (nSPS) is 13.9. The number of rotatable bonds is 7. The molecule has 0 saturated heterocycles. The average Bonchev–Trinajstić information content (AvgIpc) is 2.39. The van der Waals surface area contributed by atoms with Crippen LogP contribution in [0.1, 0.15) is 38.3 Å². The summed E-state index contributed by atoms with van der Waals surface area (Å²) in [5.74, 6) is 0.468. The van der Waals surface area contributed by atoms with E-state index < -0.39 is 10.0 Å². The first-order valence-corrected chi connectivity index (χ1v) is 8.86. The van der Waals surface area contributed by atoms with Gasteiger partial charge in [0, 0.05) is 19.6 Å². The van der Waals surface area contributed by atoms with Crippen molar-refractivity contribution in [1.29, 1.82) is 0 Å². The van der Waals surface area contributed by atoms with Crippen LogP contribution in [0.2, 0.25) is 0 Å². The number of nitrogens with one attached hydrogen (secondary N) is 1. The zero-order chi connectivity index (χ0) is 16.2. The van der Waals surface area contributed by atoms with Gasteiger partial charge in [-0.05, 0) is 56.5 Å². The summed E-state index contributed by atoms with van der Waals surface area (Å²) in [6.07, 6.45) is 0.852. The van der Waals surface area contributed by atoms with Crippen LogP contribution in [0.25, 0.3) is 0 Å². The van der Waals surface area contributed by atoms with Gasteiger partial charge in [-0.1, -0.05) is 19.9 Å². The third-order valence-corrected chi connectivity index (χ3v) is 5.77. The number of hydrogen-bond donors (Lipinski definition) is 1. The van der Waals surface area contributed by atoms with E-state index in [9.17, 15) is 8.42 Å². The molecule has 0 heterocycles. The lowest BCUT2D eigenvalue weighted by Gasteiger charge is -2.26. The summed E-state index contributed by atoms with van der Waals surface area (Å²) < 4.78 is 26.9. The quantitative estimate of drug-likeness (QED) is 0.842. The Bertz CT molecular complexity index is 568. The lowest BCUT2D eigenvalue weighted by molar-refractivity contribution is 0.338. The topological polar surface area (TPSA) is 49.4 Å². The molecule has 0 aromatic heterocycles. The number of aryl methyl sites for hydroxylation is 1. The molecule has 1 atom stereocenters. The molecule has 1 N–H and O–H groups in total. The van der Waals surface area contributed by atoms with Crippen LogP contribution in [-0.4, -0.2) is 32.9 Å². The van der Waals surface area contributed by atoms with Gasteiger partial charge >= 0.3 is 0 Å². The fraction of sp³-hybridized carbons (Fsp3) is 0.625. The Balaban J connectivity index is 3.10. The van der Waals surface area contributed by atoms with Crippen LogP contribution in [0.4, 0.5) is 0 Å². The van der Waals surface area contributed by atoms with Crippen molar-refractivity contribution in [1.82, 2.24) is 9.62 Å². The number of nitrogens with zero attached hydrogens (tertiary/aromatic N) is 1. The van der Waals surface area contributed by atoms with Crippen LogP contribution in [0.3, 0.4) is 0 Å². The summed E-state index contributed by atoms with van der Waals surface area (Å²) in [5.41, 5.74) is 2.12. The van der Waals surface area contributed by atoms with E-state index in [2.05, 4.69) is 19.2 Å². The first-order valence-electron chi connectivity index (χ1n) is 7.42. The molecule has 1 aromatic rings. The fourth-order valence-corrected chi connectivity index (χ4v) is 3.85. The molecular weight excluding hydrogens is 284 g/mol. The first kappa shape index (κ1) is 18.1. The van der Waals surface area contributed by atoms with Gasteiger partial charge in [-0.15, -0.1) is 0 Å². The largest absolute Gasteiger partial charge is 0.316 e. The van der Waals surface area contributed by atoms with E-state index in [1.54, 1.807) is 19.2 Å². The van der Waals surface area contributed by atoms with Gasteiger partial charge in [0.2, 0.25) is 10.0 Å². The molecule has 1 rings (SSSR count). The molecule has 0 saturated carbocycles. The Morgan fingerprint density at radius 3 is 2.38 bits per heavy atom. The summed E-state index contributed by atoms with van der Waals surface area (Å²) >= 11 is 0. The molecule has 0 radical (unpaired) electrons. The molecule has 0 fully saturated rings. The van der Waals surface area contributed by atoms with Crippen molar-refractivity contribution in [2.75, 3.05) is 14.1 Å². The van der Waals surface area contributed by atoms with Crippen LogP contribution in [0.15, 0.2) is 23.1 Å². The van der Waals surface area contributed by atoms with E-state index in [-0.39, 0.29) is 6.04 Å². The zero-order valence-electron chi connectivity index (χ0n) is 14.0. The molecule has 0 aliphatic heterocycles. The second-order valence-corrected chi connectivity index (χ2v) is 8.12. The van der Waals surface area contributed by atoms with Crippen molar-refractivity contribution in [2.45, 2.75) is 51.6 Å². The molecule has 1 unspecified atom stereocenters. The maximum Gasteiger partial charge on any atom is 0.243 e. The minimum absolute atomic E-state index is 0.0101. The highest BCUT2D eigenvalue weighted by molar-refractivity contribution is 7.89. The van der Waals surface area contributed by atoms with Gasteiger partial charge in [-0.3, -0.25) is 0 Å². The van der Waals surface area contributed by atoms with Gasteiger partial charge in [0.25, 0.3) is 0 Å². The van der Waals surface area contributed by atoms with Gasteiger partial charge in [-0.2, -0.15) is 4.31 Å². The van der Waals surface area contributed by atoms with E-state index >= 15 is 0 Å². The molecule has 0 aliphatic rings. The fourth-order valence-electron chi connectivity index (χ4n) is 2.42. The predicted molar refractivity (Wildman–Crippen MR) is 87.8 cm³/mol. The number of benzene rings is 1. The Morgan fingerprint density at radius 2 is 1.86 bits per heavy atom. The minimum Gasteiger partial charge on any atom is -0.316 e. The van der Waals surface area contributed by atoms with Crippen LogP contribution >= 0.6 is 0 Å². The Labute approximate surface area is 129 Å². The second-order valence-electron chi connectivity index (χ2n) is 6.12. The smallest absolute Gasteiger partial charge is 0.243 e. The predicted octanol–water partition coefficient (Wildman–Crippen LogP) is 2.77. The average molecular weight is 312 g/mol. The highest BCUT2D eigenvalue weighted by atomic mass is 32.2. The van der Waals surface area contributed by atoms with Crippen LogP contribution in [-0.2, 0) is 16.6 Å². The van der Waals surface area contributed by atoms with Crippen LogP contribution in [0.5, 0.6) is 0 Å². The van der Waals surface area contributed by atoms with Crippen molar-refractivity contribution in [3.8, 4) is 0 Å². The third kappa shape index (κ3) is 4.53. The standard InChI is InChI=1S/C16H28N2O2S/c1-12(2)9-14(4)18(6)21(19,20)16-8-7-13(3)15(10-16)11-17-5/h7-8,10,12,14,17H,9,11H2,1-6H3. The summed E-state index contributed by atoms with van der Waals surface area (Å²) in [5, 5.41) is 3.07. The van der Waals surface area contributed by atoms with Crippen LogP contribution < -0.4 is 5.32 Å². The molecule has 1 aromatic carbocycles. The highest BCUT2D eigenvalue weighted by Crippen LogP contribution is 2.22. The Morgan fingerprint density at radius 1 is 1.24 bits per heavy atom. The summed E-state index contributed by atoms with van der Waals surface area (Å²) in [6.45, 7) is 8.83. The zero-order valence-corrected chi connectivity index (χ0v) is 14.8.